The largest absolute Gasteiger partial charge is 0.135 e. The first-order valence-corrected chi connectivity index (χ1v) is 14.3. The molecule has 0 radical (unpaired) electrons. The predicted octanol–water partition coefficient (Wildman–Crippen LogP) is 11.5. The van der Waals surface area contributed by atoms with Crippen molar-refractivity contribution in [1.29, 1.82) is 0 Å². The Bertz CT molecular complexity index is 2250. The number of rotatable bonds is 2. The van der Waals surface area contributed by atoms with Gasteiger partial charge in [-0.1, -0.05) is 109 Å². The van der Waals surface area contributed by atoms with Crippen LogP contribution in [0.5, 0.6) is 0 Å². The molecule has 0 bridgehead atoms. The van der Waals surface area contributed by atoms with Crippen molar-refractivity contribution in [3.05, 3.63) is 132 Å². The molecule has 0 unspecified atom stereocenters. The lowest BCUT2D eigenvalue weighted by molar-refractivity contribution is 1.42. The first-order valence-electron chi connectivity index (χ1n) is 13.5. The van der Waals surface area contributed by atoms with Crippen LogP contribution in [-0.2, 0) is 0 Å². The smallest absolute Gasteiger partial charge is 0.0433 e. The van der Waals surface area contributed by atoms with Gasteiger partial charge >= 0.3 is 0 Å². The van der Waals surface area contributed by atoms with Crippen LogP contribution < -0.4 is 0 Å². The van der Waals surface area contributed by atoms with Crippen molar-refractivity contribution < 1.29 is 0 Å². The molecule has 1 aromatic heterocycles. The molecule has 0 aliphatic rings. The summed E-state index contributed by atoms with van der Waals surface area (Å²) in [6.07, 6.45) is 0. The fraction of sp³-hybridized carbons (Fsp3) is 0.0526. The minimum Gasteiger partial charge on any atom is -0.135 e. The predicted molar refractivity (Wildman–Crippen MR) is 172 cm³/mol. The summed E-state index contributed by atoms with van der Waals surface area (Å²) < 4.78 is 2.71. The molecule has 0 saturated carbocycles. The lowest BCUT2D eigenvalue weighted by atomic mass is 9.87. The lowest BCUT2D eigenvalue weighted by Crippen LogP contribution is -1.92. The van der Waals surface area contributed by atoms with Crippen molar-refractivity contribution in [2.24, 2.45) is 0 Å². The molecule has 39 heavy (non-hydrogen) atoms. The van der Waals surface area contributed by atoms with Gasteiger partial charge in [0, 0.05) is 20.2 Å². The first kappa shape index (κ1) is 22.5. The van der Waals surface area contributed by atoms with Gasteiger partial charge < -0.3 is 0 Å². The summed E-state index contributed by atoms with van der Waals surface area (Å²) in [7, 11) is 0. The number of hydrogen-bond acceptors (Lipinski definition) is 1. The van der Waals surface area contributed by atoms with Gasteiger partial charge in [0.05, 0.1) is 0 Å². The van der Waals surface area contributed by atoms with E-state index in [2.05, 4.69) is 135 Å². The number of aryl methyl sites for hydroxylation is 1. The zero-order valence-electron chi connectivity index (χ0n) is 22.0. The van der Waals surface area contributed by atoms with Crippen LogP contribution >= 0.6 is 11.3 Å². The molecule has 0 amide bonds. The zero-order chi connectivity index (χ0) is 26.1. The summed E-state index contributed by atoms with van der Waals surface area (Å²) in [4.78, 5) is 0. The Labute approximate surface area is 231 Å². The average Bonchev–Trinajstić information content (AvgIpc) is 3.37. The molecule has 0 fully saturated rings. The van der Waals surface area contributed by atoms with Gasteiger partial charge in [0.1, 0.15) is 0 Å². The molecule has 1 heterocycles. The Morgan fingerprint density at radius 1 is 0.385 bits per heavy atom. The SMILES string of the molecule is Cc1cc2c3ccccc3c3ccccc3c2cc1-c1cccc(-c2cccc3c2sc2ccccc23)c1C. The normalized spacial score (nSPS) is 11.8. The molecular formula is C38H26S. The molecule has 0 aliphatic heterocycles. The molecule has 8 aromatic rings. The van der Waals surface area contributed by atoms with Gasteiger partial charge in [-0.25, -0.2) is 0 Å². The van der Waals surface area contributed by atoms with Gasteiger partial charge in [-0.05, 0) is 91.7 Å². The van der Waals surface area contributed by atoms with Crippen molar-refractivity contribution >= 4 is 63.8 Å². The van der Waals surface area contributed by atoms with Crippen LogP contribution in [0, 0.1) is 13.8 Å². The summed E-state index contributed by atoms with van der Waals surface area (Å²) in [5, 5.41) is 10.6. The van der Waals surface area contributed by atoms with Crippen LogP contribution in [0.25, 0.3) is 74.7 Å². The molecule has 0 N–H and O–H groups in total. The van der Waals surface area contributed by atoms with E-state index >= 15 is 0 Å². The van der Waals surface area contributed by atoms with Crippen molar-refractivity contribution in [2.45, 2.75) is 13.8 Å². The Hall–Kier alpha value is -4.46. The highest BCUT2D eigenvalue weighted by atomic mass is 32.1. The topological polar surface area (TPSA) is 0 Å². The number of benzene rings is 7. The van der Waals surface area contributed by atoms with E-state index in [0.29, 0.717) is 0 Å². The summed E-state index contributed by atoms with van der Waals surface area (Å²) in [5.74, 6) is 0. The van der Waals surface area contributed by atoms with E-state index in [1.54, 1.807) is 0 Å². The summed E-state index contributed by atoms with van der Waals surface area (Å²) >= 11 is 1.90. The van der Waals surface area contributed by atoms with E-state index in [1.807, 2.05) is 11.3 Å². The minimum absolute atomic E-state index is 1.31. The second kappa shape index (κ2) is 8.53. The van der Waals surface area contributed by atoms with E-state index in [9.17, 15) is 0 Å². The maximum atomic E-state index is 2.44. The Kier molecular flexibility index (Phi) is 4.92. The van der Waals surface area contributed by atoms with Gasteiger partial charge in [0.15, 0.2) is 0 Å². The molecule has 0 saturated heterocycles. The van der Waals surface area contributed by atoms with Crippen molar-refractivity contribution in [1.82, 2.24) is 0 Å². The molecule has 0 nitrogen and oxygen atoms in total. The second-order valence-electron chi connectivity index (χ2n) is 10.6. The van der Waals surface area contributed by atoms with E-state index in [-0.39, 0.29) is 0 Å². The van der Waals surface area contributed by atoms with Gasteiger partial charge in [-0.2, -0.15) is 0 Å². The molecule has 0 aliphatic carbocycles. The fourth-order valence-electron chi connectivity index (χ4n) is 6.53. The van der Waals surface area contributed by atoms with Crippen LogP contribution in [0.2, 0.25) is 0 Å². The third kappa shape index (κ3) is 3.30. The lowest BCUT2D eigenvalue weighted by Gasteiger charge is -2.17. The molecule has 0 spiro atoms. The van der Waals surface area contributed by atoms with Crippen molar-refractivity contribution in [2.75, 3.05) is 0 Å². The Morgan fingerprint density at radius 2 is 0.872 bits per heavy atom. The number of hydrogen-bond donors (Lipinski definition) is 0. The number of fused-ring (bicyclic) bond motifs is 9. The molecule has 184 valence electrons. The molecule has 8 rings (SSSR count). The van der Waals surface area contributed by atoms with Crippen molar-refractivity contribution in [3.63, 3.8) is 0 Å². The van der Waals surface area contributed by atoms with Crippen LogP contribution in [0.3, 0.4) is 0 Å². The summed E-state index contributed by atoms with van der Waals surface area (Å²) in [6, 6.07) is 44.8. The van der Waals surface area contributed by atoms with Gasteiger partial charge in [0.2, 0.25) is 0 Å². The van der Waals surface area contributed by atoms with Crippen LogP contribution in [0.1, 0.15) is 11.1 Å². The molecule has 1 heteroatoms. The molecular weight excluding hydrogens is 488 g/mol. The second-order valence-corrected chi connectivity index (χ2v) is 11.6. The minimum atomic E-state index is 1.31. The third-order valence-electron chi connectivity index (χ3n) is 8.41. The van der Waals surface area contributed by atoms with Gasteiger partial charge in [-0.15, -0.1) is 11.3 Å². The molecule has 7 aromatic carbocycles. The van der Waals surface area contributed by atoms with Gasteiger partial charge in [0.25, 0.3) is 0 Å². The molecule has 0 atom stereocenters. The van der Waals surface area contributed by atoms with E-state index in [1.165, 1.54) is 85.9 Å². The van der Waals surface area contributed by atoms with Crippen LogP contribution in [0.4, 0.5) is 0 Å². The highest BCUT2D eigenvalue weighted by Gasteiger charge is 2.16. The maximum absolute atomic E-state index is 2.44. The quantitative estimate of drug-likeness (QED) is 0.201. The summed E-state index contributed by atoms with van der Waals surface area (Å²) in [6.45, 7) is 4.55. The maximum Gasteiger partial charge on any atom is 0.0433 e. The van der Waals surface area contributed by atoms with Crippen LogP contribution in [0.15, 0.2) is 121 Å². The summed E-state index contributed by atoms with van der Waals surface area (Å²) in [5.41, 5.74) is 7.89. The Balaban J connectivity index is 1.40. The average molecular weight is 515 g/mol. The van der Waals surface area contributed by atoms with Crippen LogP contribution in [-0.4, -0.2) is 0 Å². The Morgan fingerprint density at radius 3 is 1.56 bits per heavy atom. The first-order chi connectivity index (χ1) is 19.2. The van der Waals surface area contributed by atoms with Gasteiger partial charge in [-0.3, -0.25) is 0 Å². The van der Waals surface area contributed by atoms with E-state index < -0.39 is 0 Å². The third-order valence-corrected chi connectivity index (χ3v) is 9.63. The highest BCUT2D eigenvalue weighted by Crippen LogP contribution is 2.44. The van der Waals surface area contributed by atoms with E-state index in [4.69, 9.17) is 0 Å². The zero-order valence-corrected chi connectivity index (χ0v) is 22.8. The highest BCUT2D eigenvalue weighted by molar-refractivity contribution is 7.26. The monoisotopic (exact) mass is 514 g/mol. The van der Waals surface area contributed by atoms with E-state index in [0.717, 1.165) is 0 Å². The number of thiophene rings is 1. The fourth-order valence-corrected chi connectivity index (χ4v) is 7.76. The standard InChI is InChI=1S/C38H26S/c1-23-21-35-29-13-5-3-11-27(29)28-12-4-6-14-30(28)36(35)22-34(23)26-17-9-16-25(24(26)2)32-18-10-19-33-31-15-7-8-20-37(31)39-38(32)33/h3-22H,1-2H3. The van der Waals surface area contributed by atoms with Crippen molar-refractivity contribution in [3.8, 4) is 22.3 Å².